The predicted octanol–water partition coefficient (Wildman–Crippen LogP) is 2.27. The highest BCUT2D eigenvalue weighted by atomic mass is 32.2. The van der Waals surface area contributed by atoms with Gasteiger partial charge in [0.2, 0.25) is 10.0 Å². The van der Waals surface area contributed by atoms with Crippen molar-refractivity contribution < 1.29 is 22.0 Å². The molecule has 0 aliphatic carbocycles. The average molecular weight is 340 g/mol. The number of hydrogen-bond donors (Lipinski definition) is 2. The summed E-state index contributed by atoms with van der Waals surface area (Å²) in [6.45, 7) is 0.0796. The molecular weight excluding hydrogens is 326 g/mol. The largest absolute Gasteiger partial charge is 0.348 e. The van der Waals surface area contributed by atoms with Gasteiger partial charge in [-0.25, -0.2) is 17.2 Å². The van der Waals surface area contributed by atoms with Crippen LogP contribution in [0.5, 0.6) is 0 Å². The number of anilines is 1. The third kappa shape index (κ3) is 5.33. The Morgan fingerprint density at radius 2 is 1.74 bits per heavy atom. The summed E-state index contributed by atoms with van der Waals surface area (Å²) in [5.41, 5.74) is 0.854. The van der Waals surface area contributed by atoms with Crippen molar-refractivity contribution in [1.82, 2.24) is 5.32 Å². The molecule has 0 spiro atoms. The molecule has 8 heteroatoms. The maximum absolute atomic E-state index is 13.1. The SMILES string of the molecule is CS(=O)(=O)Nc1cccc(CNC(=O)c2cc(F)cc(F)c2)c1. The Balaban J connectivity index is 2.05. The van der Waals surface area contributed by atoms with Gasteiger partial charge in [0.15, 0.2) is 0 Å². The number of rotatable bonds is 5. The van der Waals surface area contributed by atoms with E-state index < -0.39 is 27.6 Å². The molecule has 0 unspecified atom stereocenters. The summed E-state index contributed by atoms with van der Waals surface area (Å²) in [5, 5.41) is 2.51. The van der Waals surface area contributed by atoms with E-state index in [9.17, 15) is 22.0 Å². The summed E-state index contributed by atoms with van der Waals surface area (Å²) in [6, 6.07) is 8.95. The minimum atomic E-state index is -3.40. The summed E-state index contributed by atoms with van der Waals surface area (Å²) in [6.07, 6.45) is 1.03. The molecule has 0 saturated heterocycles. The van der Waals surface area contributed by atoms with Crippen LogP contribution in [0.15, 0.2) is 42.5 Å². The van der Waals surface area contributed by atoms with Crippen LogP contribution in [0.2, 0.25) is 0 Å². The average Bonchev–Trinajstić information content (AvgIpc) is 2.42. The summed E-state index contributed by atoms with van der Waals surface area (Å²) in [4.78, 5) is 11.9. The molecule has 2 aromatic rings. The molecule has 0 atom stereocenters. The molecule has 0 aromatic heterocycles. The minimum Gasteiger partial charge on any atom is -0.348 e. The van der Waals surface area contributed by atoms with Gasteiger partial charge in [-0.1, -0.05) is 12.1 Å². The Kier molecular flexibility index (Phi) is 4.95. The standard InChI is InChI=1S/C15H14F2N2O3S/c1-23(21,22)19-14-4-2-3-10(5-14)9-18-15(20)11-6-12(16)8-13(17)7-11/h2-8,19H,9H2,1H3,(H,18,20). The third-order valence-corrected chi connectivity index (χ3v) is 3.41. The number of sulfonamides is 1. The zero-order valence-electron chi connectivity index (χ0n) is 12.1. The van der Waals surface area contributed by atoms with Crippen LogP contribution >= 0.6 is 0 Å². The van der Waals surface area contributed by atoms with Gasteiger partial charge in [-0.3, -0.25) is 9.52 Å². The van der Waals surface area contributed by atoms with E-state index in [0.717, 1.165) is 18.4 Å². The maximum Gasteiger partial charge on any atom is 0.251 e. The normalized spacial score (nSPS) is 11.1. The third-order valence-electron chi connectivity index (χ3n) is 2.81. The van der Waals surface area contributed by atoms with Gasteiger partial charge >= 0.3 is 0 Å². The van der Waals surface area contributed by atoms with Crippen LogP contribution in [0, 0.1) is 11.6 Å². The van der Waals surface area contributed by atoms with Crippen LogP contribution in [-0.2, 0) is 16.6 Å². The molecule has 2 N–H and O–H groups in total. The first-order chi connectivity index (χ1) is 10.7. The van der Waals surface area contributed by atoms with Gasteiger partial charge in [-0.15, -0.1) is 0 Å². The first kappa shape index (κ1) is 16.9. The number of hydrogen-bond acceptors (Lipinski definition) is 3. The van der Waals surface area contributed by atoms with E-state index in [4.69, 9.17) is 0 Å². The van der Waals surface area contributed by atoms with Crippen LogP contribution in [-0.4, -0.2) is 20.6 Å². The first-order valence-electron chi connectivity index (χ1n) is 6.54. The number of benzene rings is 2. The lowest BCUT2D eigenvalue weighted by Crippen LogP contribution is -2.23. The summed E-state index contributed by atoms with van der Waals surface area (Å²) >= 11 is 0. The molecule has 0 aliphatic rings. The number of nitrogens with one attached hydrogen (secondary N) is 2. The summed E-state index contributed by atoms with van der Waals surface area (Å²) in [7, 11) is -3.40. The molecule has 23 heavy (non-hydrogen) atoms. The number of carbonyl (C=O) groups is 1. The van der Waals surface area contributed by atoms with Gasteiger partial charge in [0.1, 0.15) is 11.6 Å². The van der Waals surface area contributed by atoms with Crippen molar-refractivity contribution in [2.75, 3.05) is 11.0 Å². The second-order valence-corrected chi connectivity index (χ2v) is 6.66. The highest BCUT2D eigenvalue weighted by molar-refractivity contribution is 7.92. The fourth-order valence-corrected chi connectivity index (χ4v) is 2.48. The van der Waals surface area contributed by atoms with Crippen molar-refractivity contribution in [1.29, 1.82) is 0 Å². The molecule has 2 aromatic carbocycles. The number of halogens is 2. The highest BCUT2D eigenvalue weighted by Crippen LogP contribution is 2.12. The molecule has 0 saturated carbocycles. The molecule has 0 fully saturated rings. The van der Waals surface area contributed by atoms with E-state index in [0.29, 0.717) is 17.3 Å². The second kappa shape index (κ2) is 6.74. The van der Waals surface area contributed by atoms with E-state index in [-0.39, 0.29) is 12.1 Å². The molecular formula is C15H14F2N2O3S. The molecule has 0 radical (unpaired) electrons. The first-order valence-corrected chi connectivity index (χ1v) is 8.43. The Morgan fingerprint density at radius 3 is 2.35 bits per heavy atom. The van der Waals surface area contributed by atoms with Gasteiger partial charge in [-0.2, -0.15) is 0 Å². The second-order valence-electron chi connectivity index (χ2n) is 4.92. The van der Waals surface area contributed by atoms with Crippen molar-refractivity contribution in [3.05, 3.63) is 65.2 Å². The molecule has 1 amide bonds. The lowest BCUT2D eigenvalue weighted by Gasteiger charge is -2.08. The molecule has 5 nitrogen and oxygen atoms in total. The Bertz CT molecular complexity index is 818. The van der Waals surface area contributed by atoms with Crippen molar-refractivity contribution in [2.45, 2.75) is 6.54 Å². The van der Waals surface area contributed by atoms with Crippen molar-refractivity contribution in [2.24, 2.45) is 0 Å². The van der Waals surface area contributed by atoms with Crippen LogP contribution in [0.3, 0.4) is 0 Å². The Morgan fingerprint density at radius 1 is 1.09 bits per heavy atom. The number of carbonyl (C=O) groups excluding carboxylic acids is 1. The zero-order chi connectivity index (χ0) is 17.0. The fraction of sp³-hybridized carbons (Fsp3) is 0.133. The predicted molar refractivity (Wildman–Crippen MR) is 82.4 cm³/mol. The smallest absolute Gasteiger partial charge is 0.251 e. The fourth-order valence-electron chi connectivity index (χ4n) is 1.93. The van der Waals surface area contributed by atoms with Crippen LogP contribution in [0.4, 0.5) is 14.5 Å². The quantitative estimate of drug-likeness (QED) is 0.877. The van der Waals surface area contributed by atoms with E-state index >= 15 is 0 Å². The molecule has 0 aliphatic heterocycles. The van der Waals surface area contributed by atoms with Gasteiger partial charge in [0.25, 0.3) is 5.91 Å². The van der Waals surface area contributed by atoms with Gasteiger partial charge < -0.3 is 5.32 Å². The maximum atomic E-state index is 13.1. The Labute approximate surface area is 132 Å². The topological polar surface area (TPSA) is 75.3 Å². The zero-order valence-corrected chi connectivity index (χ0v) is 13.0. The minimum absolute atomic E-state index is 0.0796. The monoisotopic (exact) mass is 340 g/mol. The van der Waals surface area contributed by atoms with E-state index in [2.05, 4.69) is 10.0 Å². The van der Waals surface area contributed by atoms with E-state index in [1.807, 2.05) is 0 Å². The van der Waals surface area contributed by atoms with Gasteiger partial charge in [0.05, 0.1) is 6.26 Å². The van der Waals surface area contributed by atoms with Gasteiger partial charge in [0, 0.05) is 23.9 Å². The molecule has 2 rings (SSSR count). The van der Waals surface area contributed by atoms with Crippen molar-refractivity contribution in [3.63, 3.8) is 0 Å². The van der Waals surface area contributed by atoms with E-state index in [1.165, 1.54) is 0 Å². The van der Waals surface area contributed by atoms with Gasteiger partial charge in [-0.05, 0) is 29.8 Å². The van der Waals surface area contributed by atoms with Crippen molar-refractivity contribution >= 4 is 21.6 Å². The Hall–Kier alpha value is -2.48. The summed E-state index contributed by atoms with van der Waals surface area (Å²) < 4.78 is 50.8. The summed E-state index contributed by atoms with van der Waals surface area (Å²) in [5.74, 6) is -2.31. The molecule has 0 bridgehead atoms. The van der Waals surface area contributed by atoms with Crippen molar-refractivity contribution in [3.8, 4) is 0 Å². The number of amides is 1. The van der Waals surface area contributed by atoms with Crippen LogP contribution < -0.4 is 10.0 Å². The van der Waals surface area contributed by atoms with E-state index in [1.54, 1.807) is 24.3 Å². The van der Waals surface area contributed by atoms with Crippen LogP contribution in [0.25, 0.3) is 0 Å². The lowest BCUT2D eigenvalue weighted by atomic mass is 10.1. The molecule has 0 heterocycles. The lowest BCUT2D eigenvalue weighted by molar-refractivity contribution is 0.0950. The van der Waals surface area contributed by atoms with Crippen LogP contribution in [0.1, 0.15) is 15.9 Å². The molecule has 122 valence electrons. The highest BCUT2D eigenvalue weighted by Gasteiger charge is 2.09.